The number of hydrogen-bond donors (Lipinski definition) is 0. The highest BCUT2D eigenvalue weighted by Crippen LogP contribution is 2.31. The van der Waals surface area contributed by atoms with E-state index < -0.39 is 0 Å². The summed E-state index contributed by atoms with van der Waals surface area (Å²) in [5.74, 6) is 0. The fourth-order valence-electron chi connectivity index (χ4n) is 2.44. The Hall–Kier alpha value is -0.750. The van der Waals surface area contributed by atoms with Crippen molar-refractivity contribution in [1.82, 2.24) is 0 Å². The Kier molecular flexibility index (Phi) is 4.73. The second kappa shape index (κ2) is 6.13. The molecular formula is C13H17BrN2O2S. The van der Waals surface area contributed by atoms with Crippen molar-refractivity contribution < 1.29 is 4.92 Å². The van der Waals surface area contributed by atoms with Crippen molar-refractivity contribution in [2.24, 2.45) is 0 Å². The van der Waals surface area contributed by atoms with Gasteiger partial charge in [0, 0.05) is 46.2 Å². The fourth-order valence-corrected chi connectivity index (χ4v) is 4.22. The van der Waals surface area contributed by atoms with Gasteiger partial charge < -0.3 is 4.90 Å². The number of nitrogens with zero attached hydrogens (tertiary/aromatic N) is 2. The van der Waals surface area contributed by atoms with Crippen LogP contribution in [0, 0.1) is 10.1 Å². The molecule has 4 nitrogen and oxygen atoms in total. The number of alkyl halides is 1. The molecule has 104 valence electrons. The first kappa shape index (κ1) is 14.7. The molecule has 0 aromatic heterocycles. The number of benzene rings is 1. The predicted octanol–water partition coefficient (Wildman–Crippen LogP) is 3.82. The summed E-state index contributed by atoms with van der Waals surface area (Å²) in [7, 11) is 0. The minimum absolute atomic E-state index is 0.188. The van der Waals surface area contributed by atoms with E-state index in [4.69, 9.17) is 0 Å². The predicted molar refractivity (Wildman–Crippen MR) is 84.5 cm³/mol. The minimum atomic E-state index is -0.322. The first-order valence-electron chi connectivity index (χ1n) is 6.25. The smallest absolute Gasteiger partial charge is 0.273 e. The van der Waals surface area contributed by atoms with Crippen LogP contribution in [0.25, 0.3) is 0 Å². The van der Waals surface area contributed by atoms with Crippen LogP contribution in [0.2, 0.25) is 0 Å². The van der Waals surface area contributed by atoms with E-state index in [-0.39, 0.29) is 10.6 Å². The molecule has 1 heterocycles. The number of nitro groups is 1. The average molecular weight is 345 g/mol. The Bertz CT molecular complexity index is 474. The zero-order valence-corrected chi connectivity index (χ0v) is 13.4. The van der Waals surface area contributed by atoms with E-state index in [1.807, 2.05) is 23.9 Å². The van der Waals surface area contributed by atoms with E-state index in [1.54, 1.807) is 6.07 Å². The highest BCUT2D eigenvalue weighted by atomic mass is 79.9. The first-order valence-corrected chi connectivity index (χ1v) is 8.31. The zero-order chi connectivity index (χ0) is 14.0. The van der Waals surface area contributed by atoms with Crippen LogP contribution >= 0.6 is 27.7 Å². The number of hydrogen-bond acceptors (Lipinski definition) is 4. The summed E-state index contributed by atoms with van der Waals surface area (Å²) in [6, 6.07) is 5.41. The Morgan fingerprint density at radius 1 is 1.42 bits per heavy atom. The fraction of sp³-hybridized carbons (Fsp3) is 0.538. The number of thioether (sulfide) groups is 1. The van der Waals surface area contributed by atoms with Crippen molar-refractivity contribution >= 4 is 39.1 Å². The molecule has 2 atom stereocenters. The van der Waals surface area contributed by atoms with Gasteiger partial charge in [-0.05, 0) is 12.1 Å². The molecule has 2 rings (SSSR count). The third-order valence-corrected chi connectivity index (χ3v) is 5.02. The van der Waals surface area contributed by atoms with Gasteiger partial charge >= 0.3 is 0 Å². The molecule has 0 aliphatic carbocycles. The molecular weight excluding hydrogens is 328 g/mol. The molecule has 19 heavy (non-hydrogen) atoms. The van der Waals surface area contributed by atoms with Gasteiger partial charge in [-0.2, -0.15) is 11.8 Å². The van der Waals surface area contributed by atoms with E-state index in [1.165, 1.54) is 0 Å². The molecule has 0 N–H and O–H groups in total. The number of nitro benzene ring substituents is 1. The molecule has 1 saturated heterocycles. The average Bonchev–Trinajstić information content (AvgIpc) is 2.36. The Morgan fingerprint density at radius 3 is 2.58 bits per heavy atom. The van der Waals surface area contributed by atoms with Crippen molar-refractivity contribution in [3.8, 4) is 0 Å². The molecule has 1 aliphatic heterocycles. The maximum absolute atomic E-state index is 10.9. The third kappa shape index (κ3) is 3.42. The highest BCUT2D eigenvalue weighted by Gasteiger charge is 2.23. The molecule has 6 heteroatoms. The molecule has 0 saturated carbocycles. The van der Waals surface area contributed by atoms with Crippen LogP contribution < -0.4 is 4.90 Å². The van der Waals surface area contributed by atoms with Crippen molar-refractivity contribution in [3.63, 3.8) is 0 Å². The van der Waals surface area contributed by atoms with Gasteiger partial charge in [0.25, 0.3) is 5.69 Å². The standard InChI is InChI=1S/C13H17BrN2O2S/c1-9-7-15(8-10(2)19-9)12-3-4-13(16(17)18)11(5-12)6-14/h3-5,9-10H,6-8H2,1-2H3. The topological polar surface area (TPSA) is 46.4 Å². The van der Waals surface area contributed by atoms with Gasteiger partial charge in [-0.3, -0.25) is 10.1 Å². The van der Waals surface area contributed by atoms with Crippen molar-refractivity contribution in [1.29, 1.82) is 0 Å². The maximum Gasteiger partial charge on any atom is 0.273 e. The lowest BCUT2D eigenvalue weighted by Gasteiger charge is -2.36. The summed E-state index contributed by atoms with van der Waals surface area (Å²) in [6.45, 7) is 6.44. The number of halogens is 1. The van der Waals surface area contributed by atoms with E-state index >= 15 is 0 Å². The maximum atomic E-state index is 10.9. The number of anilines is 1. The molecule has 0 radical (unpaired) electrons. The molecule has 0 spiro atoms. The van der Waals surface area contributed by atoms with Crippen LogP contribution in [0.1, 0.15) is 19.4 Å². The van der Waals surface area contributed by atoms with Gasteiger partial charge in [0.1, 0.15) is 0 Å². The normalized spacial score (nSPS) is 23.4. The summed E-state index contributed by atoms with van der Waals surface area (Å²) in [5, 5.41) is 12.6. The Balaban J connectivity index is 2.27. The van der Waals surface area contributed by atoms with Gasteiger partial charge in [0.05, 0.1) is 4.92 Å². The highest BCUT2D eigenvalue weighted by molar-refractivity contribution is 9.08. The molecule has 1 aromatic carbocycles. The quantitative estimate of drug-likeness (QED) is 0.475. The summed E-state index contributed by atoms with van der Waals surface area (Å²) < 4.78 is 0. The van der Waals surface area contributed by atoms with Gasteiger partial charge in [0.15, 0.2) is 0 Å². The van der Waals surface area contributed by atoms with E-state index in [0.29, 0.717) is 15.8 Å². The first-order chi connectivity index (χ1) is 9.01. The van der Waals surface area contributed by atoms with Gasteiger partial charge in [-0.1, -0.05) is 29.8 Å². The second-order valence-corrected chi connectivity index (χ2v) is 7.31. The minimum Gasteiger partial charge on any atom is -0.369 e. The molecule has 2 unspecified atom stereocenters. The van der Waals surface area contributed by atoms with Crippen LogP contribution in [0.15, 0.2) is 18.2 Å². The summed E-state index contributed by atoms with van der Waals surface area (Å²) in [4.78, 5) is 12.9. The summed E-state index contributed by atoms with van der Waals surface area (Å²) in [5.41, 5.74) is 2.01. The lowest BCUT2D eigenvalue weighted by molar-refractivity contribution is -0.385. The molecule has 0 bridgehead atoms. The SMILES string of the molecule is CC1CN(c2ccc([N+](=O)[O-])c(CBr)c2)CC(C)S1. The van der Waals surface area contributed by atoms with Crippen molar-refractivity contribution in [2.45, 2.75) is 29.7 Å². The van der Waals surface area contributed by atoms with Crippen molar-refractivity contribution in [3.05, 3.63) is 33.9 Å². The number of rotatable bonds is 3. The summed E-state index contributed by atoms with van der Waals surface area (Å²) in [6.07, 6.45) is 0. The van der Waals surface area contributed by atoms with E-state index in [2.05, 4.69) is 34.7 Å². The van der Waals surface area contributed by atoms with Gasteiger partial charge in [-0.25, -0.2) is 0 Å². The van der Waals surface area contributed by atoms with Crippen LogP contribution in [0.4, 0.5) is 11.4 Å². The van der Waals surface area contributed by atoms with Gasteiger partial charge in [0.2, 0.25) is 0 Å². The van der Waals surface area contributed by atoms with Crippen molar-refractivity contribution in [2.75, 3.05) is 18.0 Å². The third-order valence-electron chi connectivity index (χ3n) is 3.19. The van der Waals surface area contributed by atoms with Crippen LogP contribution in [0.3, 0.4) is 0 Å². The van der Waals surface area contributed by atoms with E-state index in [9.17, 15) is 10.1 Å². The zero-order valence-electron chi connectivity index (χ0n) is 11.0. The molecule has 1 aromatic rings. The Morgan fingerprint density at radius 2 is 2.05 bits per heavy atom. The van der Waals surface area contributed by atoms with E-state index in [0.717, 1.165) is 24.3 Å². The lowest BCUT2D eigenvalue weighted by Crippen LogP contribution is -2.40. The second-order valence-electron chi connectivity index (χ2n) is 4.87. The van der Waals surface area contributed by atoms with Gasteiger partial charge in [-0.15, -0.1) is 0 Å². The largest absolute Gasteiger partial charge is 0.369 e. The molecule has 1 aliphatic rings. The van der Waals surface area contributed by atoms with Crippen LogP contribution in [0.5, 0.6) is 0 Å². The Labute approximate surface area is 125 Å². The molecule has 0 amide bonds. The lowest BCUT2D eigenvalue weighted by atomic mass is 10.1. The summed E-state index contributed by atoms with van der Waals surface area (Å²) >= 11 is 5.33. The monoisotopic (exact) mass is 344 g/mol. The van der Waals surface area contributed by atoms with Crippen LogP contribution in [-0.4, -0.2) is 28.5 Å². The van der Waals surface area contributed by atoms with Crippen LogP contribution in [-0.2, 0) is 5.33 Å². The molecule has 1 fully saturated rings.